The van der Waals surface area contributed by atoms with Crippen molar-refractivity contribution in [1.29, 1.82) is 0 Å². The number of aromatic nitrogens is 1. The molecule has 1 amide bonds. The number of hydrogen-bond acceptors (Lipinski definition) is 4. The first kappa shape index (κ1) is 18.5. The van der Waals surface area contributed by atoms with Gasteiger partial charge in [0.15, 0.2) is 0 Å². The highest BCUT2D eigenvalue weighted by molar-refractivity contribution is 8.24. The second-order valence-electron chi connectivity index (χ2n) is 7.96. The molecule has 7 heteroatoms. The van der Waals surface area contributed by atoms with Crippen molar-refractivity contribution >= 4 is 27.4 Å². The molecule has 0 saturated carbocycles. The Kier molecular flexibility index (Phi) is 4.34. The molecule has 0 aliphatic carbocycles. The Morgan fingerprint density at radius 3 is 2.69 bits per heavy atom. The zero-order chi connectivity index (χ0) is 20.2. The van der Waals surface area contributed by atoms with E-state index in [1.807, 2.05) is 24.4 Å². The van der Waals surface area contributed by atoms with E-state index in [2.05, 4.69) is 17.1 Å². The standard InChI is InChI=1S/C22H24N2O4S/c23-22(25)18-11-16(14-1-2-20-15(9-14)3-6-28-20)10-17-19(12-24-21(17)18)13-4-7-29(26,27)8-5-13/h1-2,9-13,24,26-27H,3-8H2,(H2,23,25). The van der Waals surface area contributed by atoms with Gasteiger partial charge in [-0.2, -0.15) is 10.6 Å². The van der Waals surface area contributed by atoms with Gasteiger partial charge in [0.25, 0.3) is 5.91 Å². The smallest absolute Gasteiger partial charge is 0.250 e. The van der Waals surface area contributed by atoms with E-state index in [0.29, 0.717) is 23.7 Å². The minimum Gasteiger partial charge on any atom is -0.493 e. The molecule has 1 saturated heterocycles. The zero-order valence-corrected chi connectivity index (χ0v) is 16.8. The number of H-pyrrole nitrogens is 1. The average molecular weight is 413 g/mol. The fraction of sp³-hybridized carbons (Fsp3) is 0.318. The first-order valence-corrected chi connectivity index (χ1v) is 11.7. The van der Waals surface area contributed by atoms with Crippen LogP contribution in [0.1, 0.15) is 40.2 Å². The number of benzene rings is 2. The first-order chi connectivity index (χ1) is 13.9. The Morgan fingerprint density at radius 2 is 1.93 bits per heavy atom. The van der Waals surface area contributed by atoms with Gasteiger partial charge in [-0.25, -0.2) is 0 Å². The Labute approximate surface area is 170 Å². The number of primary amides is 1. The van der Waals surface area contributed by atoms with Gasteiger partial charge in [-0.1, -0.05) is 6.07 Å². The van der Waals surface area contributed by atoms with E-state index in [1.54, 1.807) is 0 Å². The third-order valence-electron chi connectivity index (χ3n) is 6.14. The van der Waals surface area contributed by atoms with Crippen LogP contribution < -0.4 is 10.5 Å². The number of amides is 1. The van der Waals surface area contributed by atoms with Gasteiger partial charge in [0.2, 0.25) is 0 Å². The van der Waals surface area contributed by atoms with Crippen LogP contribution in [-0.2, 0) is 6.42 Å². The highest BCUT2D eigenvalue weighted by atomic mass is 32.3. The molecule has 3 heterocycles. The fourth-order valence-electron chi connectivity index (χ4n) is 4.54. The maximum atomic E-state index is 12.2. The summed E-state index contributed by atoms with van der Waals surface area (Å²) in [6.07, 6.45) is 4.28. The highest BCUT2D eigenvalue weighted by Crippen LogP contribution is 2.49. The van der Waals surface area contributed by atoms with Crippen LogP contribution >= 0.6 is 10.6 Å². The monoisotopic (exact) mass is 412 g/mol. The lowest BCUT2D eigenvalue weighted by Gasteiger charge is -2.39. The maximum Gasteiger partial charge on any atom is 0.250 e. The molecule has 152 valence electrons. The molecular weight excluding hydrogens is 388 g/mol. The highest BCUT2D eigenvalue weighted by Gasteiger charge is 2.27. The number of hydrogen-bond donors (Lipinski definition) is 4. The molecule has 5 N–H and O–H groups in total. The molecule has 0 radical (unpaired) electrons. The Bertz CT molecular complexity index is 1110. The molecule has 3 aromatic rings. The molecule has 1 aromatic heterocycles. The number of carbonyl (C=O) groups is 1. The van der Waals surface area contributed by atoms with E-state index in [-0.39, 0.29) is 5.92 Å². The van der Waals surface area contributed by atoms with Crippen molar-refractivity contribution in [1.82, 2.24) is 4.98 Å². The van der Waals surface area contributed by atoms with Gasteiger partial charge >= 0.3 is 0 Å². The summed E-state index contributed by atoms with van der Waals surface area (Å²) in [5.74, 6) is 1.55. The molecular formula is C22H24N2O4S. The summed E-state index contributed by atoms with van der Waals surface area (Å²) in [4.78, 5) is 15.4. The van der Waals surface area contributed by atoms with Crippen LogP contribution in [-0.4, -0.2) is 38.1 Å². The van der Waals surface area contributed by atoms with Crippen LogP contribution in [0.2, 0.25) is 0 Å². The van der Waals surface area contributed by atoms with Crippen molar-refractivity contribution in [3.63, 3.8) is 0 Å². The van der Waals surface area contributed by atoms with Crippen LogP contribution in [0.25, 0.3) is 22.0 Å². The first-order valence-electron chi connectivity index (χ1n) is 9.86. The topological polar surface area (TPSA) is 109 Å². The summed E-state index contributed by atoms with van der Waals surface area (Å²) in [5, 5.41) is 0.983. The predicted molar refractivity (Wildman–Crippen MR) is 116 cm³/mol. The number of nitrogens with one attached hydrogen (secondary N) is 1. The van der Waals surface area contributed by atoms with Crippen molar-refractivity contribution in [2.75, 3.05) is 18.1 Å². The van der Waals surface area contributed by atoms with Crippen molar-refractivity contribution < 1.29 is 18.6 Å². The Balaban J connectivity index is 1.62. The molecule has 0 atom stereocenters. The second-order valence-corrected chi connectivity index (χ2v) is 10.4. The summed E-state index contributed by atoms with van der Waals surface area (Å²) < 4.78 is 25.5. The SMILES string of the molecule is NC(=O)c1cc(-c2ccc3c(c2)CCO3)cc2c(C3CCS(O)(O)CC3)c[nH]c12. The van der Waals surface area contributed by atoms with E-state index in [9.17, 15) is 13.9 Å². The lowest BCUT2D eigenvalue weighted by Crippen LogP contribution is -2.19. The lowest BCUT2D eigenvalue weighted by molar-refractivity contribution is 0.100. The normalized spacial score (nSPS) is 19.7. The van der Waals surface area contributed by atoms with Gasteiger partial charge in [0, 0.05) is 29.5 Å². The summed E-state index contributed by atoms with van der Waals surface area (Å²) in [6, 6.07) is 10.1. The maximum absolute atomic E-state index is 12.2. The lowest BCUT2D eigenvalue weighted by atomic mass is 9.90. The predicted octanol–water partition coefficient (Wildman–Crippen LogP) is 4.50. The van der Waals surface area contributed by atoms with Crippen LogP contribution in [0.15, 0.2) is 36.5 Å². The van der Waals surface area contributed by atoms with Gasteiger partial charge < -0.3 is 15.5 Å². The van der Waals surface area contributed by atoms with Crippen molar-refractivity contribution in [3.05, 3.63) is 53.2 Å². The molecule has 2 aromatic carbocycles. The van der Waals surface area contributed by atoms with Crippen LogP contribution in [0.3, 0.4) is 0 Å². The Hall–Kier alpha value is -2.48. The van der Waals surface area contributed by atoms with Crippen LogP contribution in [0.5, 0.6) is 5.75 Å². The molecule has 6 nitrogen and oxygen atoms in total. The van der Waals surface area contributed by atoms with E-state index >= 15 is 0 Å². The minimum atomic E-state index is -2.43. The molecule has 5 rings (SSSR count). The summed E-state index contributed by atoms with van der Waals surface area (Å²) >= 11 is 0. The van der Waals surface area contributed by atoms with Crippen LogP contribution in [0, 0.1) is 0 Å². The van der Waals surface area contributed by atoms with E-state index in [4.69, 9.17) is 10.5 Å². The molecule has 0 spiro atoms. The molecule has 2 aliphatic heterocycles. The number of carbonyl (C=O) groups excluding carboxylic acids is 1. The fourth-order valence-corrected chi connectivity index (χ4v) is 6.07. The third-order valence-corrected chi connectivity index (χ3v) is 7.91. The van der Waals surface area contributed by atoms with Gasteiger partial charge in [0.05, 0.1) is 17.7 Å². The van der Waals surface area contributed by atoms with Gasteiger partial charge in [0.1, 0.15) is 5.75 Å². The van der Waals surface area contributed by atoms with Crippen LogP contribution in [0.4, 0.5) is 0 Å². The summed E-state index contributed by atoms with van der Waals surface area (Å²) in [6.45, 7) is 0.702. The number of rotatable bonds is 3. The van der Waals surface area contributed by atoms with Gasteiger partial charge in [-0.15, -0.1) is 0 Å². The third kappa shape index (κ3) is 3.29. The van der Waals surface area contributed by atoms with Crippen molar-refractivity contribution in [2.24, 2.45) is 5.73 Å². The number of fused-ring (bicyclic) bond motifs is 2. The van der Waals surface area contributed by atoms with E-state index in [1.165, 1.54) is 5.56 Å². The summed E-state index contributed by atoms with van der Waals surface area (Å²) in [5.41, 5.74) is 11.2. The minimum absolute atomic E-state index is 0.230. The van der Waals surface area contributed by atoms with Crippen molar-refractivity contribution in [2.45, 2.75) is 25.2 Å². The number of aromatic amines is 1. The summed E-state index contributed by atoms with van der Waals surface area (Å²) in [7, 11) is -2.43. The Morgan fingerprint density at radius 1 is 1.14 bits per heavy atom. The van der Waals surface area contributed by atoms with E-state index < -0.39 is 16.5 Å². The molecule has 2 aliphatic rings. The quantitative estimate of drug-likeness (QED) is 0.508. The van der Waals surface area contributed by atoms with Crippen molar-refractivity contribution in [3.8, 4) is 16.9 Å². The van der Waals surface area contributed by atoms with Gasteiger partial charge in [-0.3, -0.25) is 13.9 Å². The molecule has 29 heavy (non-hydrogen) atoms. The second kappa shape index (κ2) is 6.79. The van der Waals surface area contributed by atoms with E-state index in [0.717, 1.165) is 52.6 Å². The average Bonchev–Trinajstić information content (AvgIpc) is 3.33. The molecule has 1 fully saturated rings. The zero-order valence-electron chi connectivity index (χ0n) is 16.0. The number of ether oxygens (including phenoxy) is 1. The number of nitrogens with two attached hydrogens (primary N) is 1. The largest absolute Gasteiger partial charge is 0.493 e. The van der Waals surface area contributed by atoms with Gasteiger partial charge in [-0.05, 0) is 65.3 Å². The molecule has 0 unspecified atom stereocenters. The molecule has 0 bridgehead atoms.